The van der Waals surface area contributed by atoms with E-state index in [2.05, 4.69) is 25.6 Å². The SMILES string of the molecule is C=CCC(C)(CN)c1ccccc1.CC. The van der Waals surface area contributed by atoms with E-state index in [-0.39, 0.29) is 5.41 Å². The third-order valence-corrected chi connectivity index (χ3v) is 2.52. The van der Waals surface area contributed by atoms with Gasteiger partial charge in [0, 0.05) is 12.0 Å². The number of allylic oxidation sites excluding steroid dienone is 1. The van der Waals surface area contributed by atoms with Gasteiger partial charge in [0.25, 0.3) is 0 Å². The van der Waals surface area contributed by atoms with Gasteiger partial charge in [-0.25, -0.2) is 0 Å². The number of benzene rings is 1. The van der Waals surface area contributed by atoms with Gasteiger partial charge in [-0.2, -0.15) is 0 Å². The van der Waals surface area contributed by atoms with Crippen LogP contribution in [0.4, 0.5) is 0 Å². The summed E-state index contributed by atoms with van der Waals surface area (Å²) in [4.78, 5) is 0. The number of hydrogen-bond donors (Lipinski definition) is 1. The first-order valence-corrected chi connectivity index (χ1v) is 5.59. The molecular weight excluding hydrogens is 182 g/mol. The highest BCUT2D eigenvalue weighted by Crippen LogP contribution is 2.26. The van der Waals surface area contributed by atoms with Crippen LogP contribution in [0.3, 0.4) is 0 Å². The average molecular weight is 205 g/mol. The predicted molar refractivity (Wildman–Crippen MR) is 69.0 cm³/mol. The Bertz CT molecular complexity index is 266. The van der Waals surface area contributed by atoms with Gasteiger partial charge in [-0.3, -0.25) is 0 Å². The van der Waals surface area contributed by atoms with Gasteiger partial charge in [0.1, 0.15) is 0 Å². The maximum atomic E-state index is 5.78. The van der Waals surface area contributed by atoms with Crippen LogP contribution in [-0.2, 0) is 5.41 Å². The molecule has 1 atom stereocenters. The van der Waals surface area contributed by atoms with Gasteiger partial charge in [-0.1, -0.05) is 57.2 Å². The lowest BCUT2D eigenvalue weighted by atomic mass is 9.80. The summed E-state index contributed by atoms with van der Waals surface area (Å²) >= 11 is 0. The van der Waals surface area contributed by atoms with E-state index in [1.54, 1.807) is 0 Å². The van der Waals surface area contributed by atoms with Crippen LogP contribution in [0.15, 0.2) is 43.0 Å². The van der Waals surface area contributed by atoms with Crippen LogP contribution >= 0.6 is 0 Å². The van der Waals surface area contributed by atoms with Crippen LogP contribution in [0.2, 0.25) is 0 Å². The quantitative estimate of drug-likeness (QED) is 0.748. The lowest BCUT2D eigenvalue weighted by Crippen LogP contribution is -2.31. The van der Waals surface area contributed by atoms with E-state index < -0.39 is 0 Å². The second-order valence-electron chi connectivity index (χ2n) is 3.62. The van der Waals surface area contributed by atoms with Gasteiger partial charge in [-0.05, 0) is 12.0 Å². The van der Waals surface area contributed by atoms with Crippen molar-refractivity contribution in [1.29, 1.82) is 0 Å². The summed E-state index contributed by atoms with van der Waals surface area (Å²) < 4.78 is 0. The van der Waals surface area contributed by atoms with Crippen molar-refractivity contribution < 1.29 is 0 Å². The smallest absolute Gasteiger partial charge is 0.00816 e. The van der Waals surface area contributed by atoms with Crippen molar-refractivity contribution in [3.63, 3.8) is 0 Å². The summed E-state index contributed by atoms with van der Waals surface area (Å²) in [6.07, 6.45) is 2.85. The maximum absolute atomic E-state index is 5.78. The molecule has 0 aromatic heterocycles. The largest absolute Gasteiger partial charge is 0.330 e. The zero-order valence-corrected chi connectivity index (χ0v) is 10.2. The molecule has 0 heterocycles. The highest BCUT2D eigenvalue weighted by Gasteiger charge is 2.22. The Morgan fingerprint density at radius 3 is 2.20 bits per heavy atom. The molecule has 1 aromatic carbocycles. The van der Waals surface area contributed by atoms with Crippen LogP contribution < -0.4 is 5.73 Å². The molecule has 0 aliphatic heterocycles. The van der Waals surface area contributed by atoms with Gasteiger partial charge in [0.15, 0.2) is 0 Å². The molecule has 1 nitrogen and oxygen atoms in total. The normalized spacial score (nSPS) is 13.3. The molecule has 0 bridgehead atoms. The first kappa shape index (κ1) is 13.9. The highest BCUT2D eigenvalue weighted by atomic mass is 14.6. The fraction of sp³-hybridized carbons (Fsp3) is 0.429. The Morgan fingerprint density at radius 2 is 1.80 bits per heavy atom. The van der Waals surface area contributed by atoms with E-state index in [1.165, 1.54) is 5.56 Å². The van der Waals surface area contributed by atoms with E-state index >= 15 is 0 Å². The van der Waals surface area contributed by atoms with Crippen molar-refractivity contribution in [2.24, 2.45) is 5.73 Å². The third kappa shape index (κ3) is 3.88. The van der Waals surface area contributed by atoms with Gasteiger partial charge in [-0.15, -0.1) is 6.58 Å². The van der Waals surface area contributed by atoms with E-state index in [0.29, 0.717) is 6.54 Å². The second kappa shape index (κ2) is 7.24. The molecule has 1 heteroatoms. The van der Waals surface area contributed by atoms with Crippen molar-refractivity contribution in [2.75, 3.05) is 6.54 Å². The lowest BCUT2D eigenvalue weighted by molar-refractivity contribution is 0.491. The Labute approximate surface area is 94.0 Å². The molecule has 0 saturated heterocycles. The molecule has 1 aromatic rings. The number of nitrogens with two attached hydrogens (primary N) is 1. The second-order valence-corrected chi connectivity index (χ2v) is 3.62. The lowest BCUT2D eigenvalue weighted by Gasteiger charge is -2.27. The summed E-state index contributed by atoms with van der Waals surface area (Å²) in [5, 5.41) is 0. The average Bonchev–Trinajstić information content (AvgIpc) is 2.33. The highest BCUT2D eigenvalue weighted by molar-refractivity contribution is 5.25. The molecule has 0 fully saturated rings. The predicted octanol–water partition coefficient (Wildman–Crippen LogP) is 3.51. The molecule has 0 spiro atoms. The Kier molecular flexibility index (Phi) is 6.72. The molecule has 0 aliphatic carbocycles. The van der Waals surface area contributed by atoms with Crippen molar-refractivity contribution in [2.45, 2.75) is 32.6 Å². The van der Waals surface area contributed by atoms with E-state index in [4.69, 9.17) is 5.73 Å². The molecule has 84 valence electrons. The fourth-order valence-corrected chi connectivity index (χ4v) is 1.48. The summed E-state index contributed by atoms with van der Waals surface area (Å²) in [5.74, 6) is 0. The molecule has 2 N–H and O–H groups in total. The van der Waals surface area contributed by atoms with E-state index in [9.17, 15) is 0 Å². The van der Waals surface area contributed by atoms with Crippen molar-refractivity contribution in [3.05, 3.63) is 48.6 Å². The first-order chi connectivity index (χ1) is 7.23. The molecule has 0 aliphatic rings. The minimum atomic E-state index is 0.0447. The summed E-state index contributed by atoms with van der Waals surface area (Å²) in [6.45, 7) is 10.6. The Hall–Kier alpha value is -1.08. The molecular formula is C14H23N. The molecule has 0 saturated carbocycles. The summed E-state index contributed by atoms with van der Waals surface area (Å²) in [6, 6.07) is 10.4. The van der Waals surface area contributed by atoms with Crippen LogP contribution in [0.5, 0.6) is 0 Å². The topological polar surface area (TPSA) is 26.0 Å². The van der Waals surface area contributed by atoms with Crippen LogP contribution in [0.1, 0.15) is 32.8 Å². The molecule has 15 heavy (non-hydrogen) atoms. The molecule has 0 amide bonds. The monoisotopic (exact) mass is 205 g/mol. The van der Waals surface area contributed by atoms with Gasteiger partial charge >= 0.3 is 0 Å². The molecule has 0 radical (unpaired) electrons. The minimum Gasteiger partial charge on any atom is -0.330 e. The first-order valence-electron chi connectivity index (χ1n) is 5.59. The third-order valence-electron chi connectivity index (χ3n) is 2.52. The summed E-state index contributed by atoms with van der Waals surface area (Å²) in [7, 11) is 0. The molecule has 1 unspecified atom stereocenters. The fourth-order valence-electron chi connectivity index (χ4n) is 1.48. The number of hydrogen-bond acceptors (Lipinski definition) is 1. The summed E-state index contributed by atoms with van der Waals surface area (Å²) in [5.41, 5.74) is 7.11. The van der Waals surface area contributed by atoms with Crippen LogP contribution in [-0.4, -0.2) is 6.54 Å². The zero-order valence-electron chi connectivity index (χ0n) is 10.2. The van der Waals surface area contributed by atoms with E-state index in [1.807, 2.05) is 38.1 Å². The van der Waals surface area contributed by atoms with Crippen LogP contribution in [0.25, 0.3) is 0 Å². The standard InChI is InChI=1S/C12H17N.C2H6/c1-3-9-12(2,10-13)11-7-5-4-6-8-11;1-2/h3-8H,1,9-10,13H2,2H3;1-2H3. The van der Waals surface area contributed by atoms with E-state index in [0.717, 1.165) is 6.42 Å². The van der Waals surface area contributed by atoms with Gasteiger partial charge in [0.05, 0.1) is 0 Å². The van der Waals surface area contributed by atoms with Gasteiger partial charge < -0.3 is 5.73 Å². The van der Waals surface area contributed by atoms with Crippen molar-refractivity contribution in [1.82, 2.24) is 0 Å². The maximum Gasteiger partial charge on any atom is 0.00816 e. The van der Waals surface area contributed by atoms with Crippen LogP contribution in [0, 0.1) is 0 Å². The van der Waals surface area contributed by atoms with Crippen molar-refractivity contribution >= 4 is 0 Å². The minimum absolute atomic E-state index is 0.0447. The van der Waals surface area contributed by atoms with Gasteiger partial charge in [0.2, 0.25) is 0 Å². The number of rotatable bonds is 4. The Morgan fingerprint density at radius 1 is 1.27 bits per heavy atom. The zero-order chi connectivity index (χ0) is 11.7. The Balaban J connectivity index is 0.000000921. The van der Waals surface area contributed by atoms with Crippen molar-refractivity contribution in [3.8, 4) is 0 Å². The molecule has 1 rings (SSSR count).